The van der Waals surface area contributed by atoms with E-state index in [9.17, 15) is 35.5 Å². The minimum absolute atomic E-state index is 0.0270. The van der Waals surface area contributed by atoms with Crippen LogP contribution < -0.4 is 4.90 Å². The van der Waals surface area contributed by atoms with E-state index in [2.05, 4.69) is 5.10 Å². The predicted molar refractivity (Wildman–Crippen MR) is 108 cm³/mol. The van der Waals surface area contributed by atoms with Gasteiger partial charge in [-0.1, -0.05) is 18.2 Å². The average molecular weight is 486 g/mol. The Morgan fingerprint density at radius 1 is 0.853 bits per heavy atom. The van der Waals surface area contributed by atoms with Crippen LogP contribution in [0.25, 0.3) is 5.69 Å². The second-order valence-electron chi connectivity index (χ2n) is 7.60. The van der Waals surface area contributed by atoms with Gasteiger partial charge in [-0.3, -0.25) is 4.79 Å². The minimum atomic E-state index is -5.06. The summed E-state index contributed by atoms with van der Waals surface area (Å²) in [6.45, 7) is 0.435. The van der Waals surface area contributed by atoms with E-state index in [0.717, 1.165) is 18.2 Å². The number of hydrogen-bond acceptors (Lipinski definition) is 3. The molecule has 0 unspecified atom stereocenters. The SMILES string of the molecule is O=C(c1cnn(-c2cccc(C(F)(F)F)c2)c1C(F)(F)F)N1CCN(c2ccccc2F)CC1. The Kier molecular flexibility index (Phi) is 6.00. The van der Waals surface area contributed by atoms with Crippen molar-refractivity contribution >= 4 is 11.6 Å². The minimum Gasteiger partial charge on any atom is -0.366 e. The summed E-state index contributed by atoms with van der Waals surface area (Å²) in [6.07, 6.45) is -9.13. The number of piperazine rings is 1. The number of carbonyl (C=O) groups excluding carboxylic acids is 1. The number of aromatic nitrogens is 2. The number of nitrogens with zero attached hydrogens (tertiary/aromatic N) is 4. The molecule has 0 bridgehead atoms. The van der Waals surface area contributed by atoms with Crippen LogP contribution >= 0.6 is 0 Å². The van der Waals surface area contributed by atoms with Gasteiger partial charge in [-0.05, 0) is 30.3 Å². The lowest BCUT2D eigenvalue weighted by Crippen LogP contribution is -2.49. The number of hydrogen-bond donors (Lipinski definition) is 0. The van der Waals surface area contributed by atoms with Crippen LogP contribution in [0.3, 0.4) is 0 Å². The number of rotatable bonds is 3. The maximum atomic E-state index is 14.0. The Hall–Kier alpha value is -3.57. The molecular formula is C22H17F7N4O. The molecule has 0 aliphatic carbocycles. The Labute approximate surface area is 189 Å². The summed E-state index contributed by atoms with van der Waals surface area (Å²) in [7, 11) is 0. The normalized spacial score (nSPS) is 15.0. The molecule has 2 aromatic carbocycles. The van der Waals surface area contributed by atoms with Crippen LogP contribution in [0, 0.1) is 5.82 Å². The number of carbonyl (C=O) groups is 1. The van der Waals surface area contributed by atoms with Crippen molar-refractivity contribution in [1.82, 2.24) is 14.7 Å². The topological polar surface area (TPSA) is 41.4 Å². The summed E-state index contributed by atoms with van der Waals surface area (Å²) in [5.41, 5.74) is -3.54. The summed E-state index contributed by atoms with van der Waals surface area (Å²) in [6, 6.07) is 9.28. The Morgan fingerprint density at radius 2 is 1.53 bits per heavy atom. The first-order valence-electron chi connectivity index (χ1n) is 10.1. The summed E-state index contributed by atoms with van der Waals surface area (Å²) in [5, 5.41) is 3.59. The van der Waals surface area contributed by atoms with Crippen LogP contribution in [-0.2, 0) is 12.4 Å². The third-order valence-electron chi connectivity index (χ3n) is 5.45. The van der Waals surface area contributed by atoms with Crippen LogP contribution in [0.2, 0.25) is 0 Å². The van der Waals surface area contributed by atoms with Crippen molar-refractivity contribution < 1.29 is 35.5 Å². The van der Waals surface area contributed by atoms with Gasteiger partial charge in [0.2, 0.25) is 0 Å². The Balaban J connectivity index is 1.61. The molecule has 1 fully saturated rings. The van der Waals surface area contributed by atoms with Gasteiger partial charge in [0, 0.05) is 26.2 Å². The zero-order valence-electron chi connectivity index (χ0n) is 17.4. The summed E-state index contributed by atoms with van der Waals surface area (Å²) in [5.74, 6) is -1.41. The van der Waals surface area contributed by atoms with Crippen molar-refractivity contribution in [2.75, 3.05) is 31.1 Å². The summed E-state index contributed by atoms with van der Waals surface area (Å²) >= 11 is 0. The van der Waals surface area contributed by atoms with Crippen LogP contribution in [0.1, 0.15) is 21.6 Å². The molecule has 3 aromatic rings. The van der Waals surface area contributed by atoms with E-state index >= 15 is 0 Å². The molecule has 0 spiro atoms. The molecule has 12 heteroatoms. The van der Waals surface area contributed by atoms with Gasteiger partial charge in [-0.15, -0.1) is 0 Å². The smallest absolute Gasteiger partial charge is 0.366 e. The molecule has 1 aliphatic rings. The lowest BCUT2D eigenvalue weighted by molar-refractivity contribution is -0.143. The van der Waals surface area contributed by atoms with Gasteiger partial charge in [0.05, 0.1) is 28.7 Å². The van der Waals surface area contributed by atoms with Crippen LogP contribution in [0.5, 0.6) is 0 Å². The van der Waals surface area contributed by atoms with Crippen molar-refractivity contribution in [3.05, 3.63) is 77.4 Å². The number of benzene rings is 2. The number of amides is 1. The standard InChI is InChI=1S/C22H17F7N4O/c23-17-6-1-2-7-18(17)31-8-10-32(11-9-31)20(34)16-13-30-33(19(16)22(27,28)29)15-5-3-4-14(12-15)21(24,25)26/h1-7,12-13H,8-11H2. The highest BCUT2D eigenvalue weighted by atomic mass is 19.4. The van der Waals surface area contributed by atoms with Crippen LogP contribution in [0.15, 0.2) is 54.7 Å². The monoisotopic (exact) mass is 486 g/mol. The first-order chi connectivity index (χ1) is 16.0. The summed E-state index contributed by atoms with van der Waals surface area (Å²) < 4.78 is 95.1. The van der Waals surface area contributed by atoms with Gasteiger partial charge in [0.25, 0.3) is 5.91 Å². The highest BCUT2D eigenvalue weighted by Crippen LogP contribution is 2.36. The number of halogens is 7. The second kappa shape index (κ2) is 8.65. The molecule has 180 valence electrons. The molecule has 0 radical (unpaired) electrons. The van der Waals surface area contributed by atoms with Crippen molar-refractivity contribution in [1.29, 1.82) is 0 Å². The van der Waals surface area contributed by atoms with Gasteiger partial charge < -0.3 is 9.80 Å². The van der Waals surface area contributed by atoms with E-state index in [0.29, 0.717) is 18.0 Å². The number of alkyl halides is 6. The zero-order chi connectivity index (χ0) is 24.7. The predicted octanol–water partition coefficient (Wildman–Crippen LogP) is 5.01. The van der Waals surface area contributed by atoms with Gasteiger partial charge in [-0.2, -0.15) is 31.4 Å². The third kappa shape index (κ3) is 4.57. The van der Waals surface area contributed by atoms with Gasteiger partial charge in [0.15, 0.2) is 5.69 Å². The fourth-order valence-electron chi connectivity index (χ4n) is 3.82. The van der Waals surface area contributed by atoms with E-state index < -0.39 is 46.6 Å². The van der Waals surface area contributed by atoms with Crippen LogP contribution in [-0.4, -0.2) is 46.8 Å². The van der Waals surface area contributed by atoms with Crippen molar-refractivity contribution in [2.45, 2.75) is 12.4 Å². The highest BCUT2D eigenvalue weighted by Gasteiger charge is 2.42. The van der Waals surface area contributed by atoms with E-state index in [1.54, 1.807) is 17.0 Å². The first kappa shape index (κ1) is 23.6. The fourth-order valence-corrected chi connectivity index (χ4v) is 3.82. The van der Waals surface area contributed by atoms with E-state index in [-0.39, 0.29) is 30.9 Å². The molecule has 2 heterocycles. The molecule has 0 atom stereocenters. The maximum Gasteiger partial charge on any atom is 0.434 e. The lowest BCUT2D eigenvalue weighted by Gasteiger charge is -2.36. The fraction of sp³-hybridized carbons (Fsp3) is 0.273. The van der Waals surface area contributed by atoms with E-state index in [1.807, 2.05) is 0 Å². The summed E-state index contributed by atoms with van der Waals surface area (Å²) in [4.78, 5) is 15.8. The van der Waals surface area contributed by atoms with Crippen molar-refractivity contribution in [3.63, 3.8) is 0 Å². The second-order valence-corrected chi connectivity index (χ2v) is 7.60. The van der Waals surface area contributed by atoms with Crippen LogP contribution in [0.4, 0.5) is 36.4 Å². The lowest BCUT2D eigenvalue weighted by atomic mass is 10.1. The molecule has 1 aromatic heterocycles. The molecule has 4 rings (SSSR count). The largest absolute Gasteiger partial charge is 0.434 e. The molecule has 0 saturated carbocycles. The number of para-hydroxylation sites is 1. The molecule has 34 heavy (non-hydrogen) atoms. The molecule has 5 nitrogen and oxygen atoms in total. The van der Waals surface area contributed by atoms with E-state index in [4.69, 9.17) is 0 Å². The van der Waals surface area contributed by atoms with Gasteiger partial charge >= 0.3 is 12.4 Å². The van der Waals surface area contributed by atoms with Crippen molar-refractivity contribution in [3.8, 4) is 5.69 Å². The van der Waals surface area contributed by atoms with E-state index in [1.165, 1.54) is 17.0 Å². The molecule has 1 saturated heterocycles. The third-order valence-corrected chi connectivity index (χ3v) is 5.45. The molecular weight excluding hydrogens is 469 g/mol. The quantitative estimate of drug-likeness (QED) is 0.489. The molecule has 0 N–H and O–H groups in total. The van der Waals surface area contributed by atoms with Gasteiger partial charge in [0.1, 0.15) is 5.82 Å². The highest BCUT2D eigenvalue weighted by molar-refractivity contribution is 5.95. The van der Waals surface area contributed by atoms with Gasteiger partial charge in [-0.25, -0.2) is 9.07 Å². The molecule has 1 aliphatic heterocycles. The zero-order valence-corrected chi connectivity index (χ0v) is 17.4. The number of anilines is 1. The molecule has 1 amide bonds. The van der Waals surface area contributed by atoms with Crippen molar-refractivity contribution in [2.24, 2.45) is 0 Å². The Morgan fingerprint density at radius 3 is 2.15 bits per heavy atom. The first-order valence-corrected chi connectivity index (χ1v) is 10.1. The maximum absolute atomic E-state index is 14.0. The average Bonchev–Trinajstić information content (AvgIpc) is 3.25. The Bertz CT molecular complexity index is 1190.